The molecule has 0 radical (unpaired) electrons. The van der Waals surface area contributed by atoms with Gasteiger partial charge in [0.2, 0.25) is 0 Å². The van der Waals surface area contributed by atoms with E-state index in [0.717, 1.165) is 16.9 Å². The predicted molar refractivity (Wildman–Crippen MR) is 152 cm³/mol. The maximum absolute atomic E-state index is 13.9. The Morgan fingerprint density at radius 2 is 1.45 bits per heavy atom. The average molecular weight is 681 g/mol. The first kappa shape index (κ1) is 35.8. The van der Waals surface area contributed by atoms with Gasteiger partial charge in [-0.05, 0) is 90.8 Å². The second-order valence-electron chi connectivity index (χ2n) is 11.7. The van der Waals surface area contributed by atoms with Crippen LogP contribution in [0, 0.1) is 11.8 Å². The number of tetrazole rings is 1. The molecule has 0 amide bonds. The van der Waals surface area contributed by atoms with Gasteiger partial charge < -0.3 is 14.9 Å². The van der Waals surface area contributed by atoms with Crippen LogP contribution in [-0.2, 0) is 43.5 Å². The van der Waals surface area contributed by atoms with Crippen molar-refractivity contribution < 1.29 is 49.4 Å². The summed E-state index contributed by atoms with van der Waals surface area (Å²) in [4.78, 5) is 15.5. The van der Waals surface area contributed by atoms with Gasteiger partial charge in [0, 0.05) is 31.9 Å². The number of aryl methyl sites for hydroxylation is 1. The molecule has 0 spiro atoms. The summed E-state index contributed by atoms with van der Waals surface area (Å²) in [6.45, 7) is 1.66. The molecule has 2 aromatic carbocycles. The number of hydrogen-bond donors (Lipinski definition) is 1. The lowest BCUT2D eigenvalue weighted by molar-refractivity contribution is -0.144. The van der Waals surface area contributed by atoms with E-state index >= 15 is 0 Å². The minimum atomic E-state index is -5.11. The van der Waals surface area contributed by atoms with Crippen LogP contribution in [0.2, 0.25) is 0 Å². The molecule has 0 unspecified atom stereocenters. The molecule has 17 heteroatoms. The quantitative estimate of drug-likeness (QED) is 0.209. The molecule has 1 N–H and O–H groups in total. The third-order valence-electron chi connectivity index (χ3n) is 8.08. The van der Waals surface area contributed by atoms with Gasteiger partial charge in [0.1, 0.15) is 0 Å². The van der Waals surface area contributed by atoms with Crippen molar-refractivity contribution in [3.63, 3.8) is 0 Å². The Labute approximate surface area is 264 Å². The normalized spacial score (nSPS) is 17.5. The molecule has 1 aliphatic rings. The lowest BCUT2D eigenvalue weighted by Gasteiger charge is -2.35. The van der Waals surface area contributed by atoms with Gasteiger partial charge in [0.05, 0.1) is 29.7 Å². The maximum atomic E-state index is 13.9. The number of hydrogen-bond acceptors (Lipinski definition) is 6. The van der Waals surface area contributed by atoms with Crippen LogP contribution in [0.4, 0.5) is 51.1 Å². The van der Waals surface area contributed by atoms with E-state index in [1.54, 1.807) is 0 Å². The first-order valence-electron chi connectivity index (χ1n) is 14.8. The number of aromatic nitrogens is 4. The Balaban J connectivity index is 1.76. The molecule has 1 aliphatic carbocycles. The topological polar surface area (TPSA) is 87.4 Å². The molecular weight excluding hydrogens is 647 g/mol. The minimum Gasteiger partial charge on any atom is -0.481 e. The van der Waals surface area contributed by atoms with Crippen molar-refractivity contribution in [2.45, 2.75) is 70.6 Å². The van der Waals surface area contributed by atoms with Crippen molar-refractivity contribution in [2.24, 2.45) is 18.9 Å². The first-order chi connectivity index (χ1) is 21.8. The third kappa shape index (κ3) is 9.28. The molecular formula is C30H33F9N6O2. The number of rotatable bonds is 11. The molecule has 1 aromatic heterocycles. The molecule has 0 aliphatic heterocycles. The van der Waals surface area contributed by atoms with Crippen molar-refractivity contribution >= 4 is 17.6 Å². The van der Waals surface area contributed by atoms with Crippen molar-refractivity contribution in [1.82, 2.24) is 20.2 Å². The zero-order valence-corrected chi connectivity index (χ0v) is 25.4. The highest BCUT2D eigenvalue weighted by molar-refractivity contribution is 5.70. The fraction of sp³-hybridized carbons (Fsp3) is 0.533. The highest BCUT2D eigenvalue weighted by Crippen LogP contribution is 2.39. The van der Waals surface area contributed by atoms with Gasteiger partial charge >= 0.3 is 24.5 Å². The minimum absolute atomic E-state index is 0.00806. The van der Waals surface area contributed by atoms with Crippen LogP contribution in [0.5, 0.6) is 0 Å². The van der Waals surface area contributed by atoms with Crippen LogP contribution in [0.1, 0.15) is 66.8 Å². The second kappa shape index (κ2) is 14.0. The van der Waals surface area contributed by atoms with Crippen molar-refractivity contribution in [3.8, 4) is 0 Å². The number of carboxylic acid groups (broad SMARTS) is 1. The Hall–Kier alpha value is -4.05. The molecule has 1 fully saturated rings. The average Bonchev–Trinajstić information content (AvgIpc) is 3.41. The first-order valence-corrected chi connectivity index (χ1v) is 14.8. The lowest BCUT2D eigenvalue weighted by atomic mass is 9.81. The third-order valence-corrected chi connectivity index (χ3v) is 8.08. The van der Waals surface area contributed by atoms with Crippen molar-refractivity contribution in [1.29, 1.82) is 0 Å². The van der Waals surface area contributed by atoms with Crippen LogP contribution >= 0.6 is 0 Å². The molecule has 1 heterocycles. The van der Waals surface area contributed by atoms with Gasteiger partial charge in [-0.15, -0.1) is 5.10 Å². The molecule has 8 nitrogen and oxygen atoms in total. The van der Waals surface area contributed by atoms with E-state index in [4.69, 9.17) is 0 Å². The molecule has 0 atom stereocenters. The highest BCUT2D eigenvalue weighted by Gasteiger charge is 2.38. The van der Waals surface area contributed by atoms with Crippen molar-refractivity contribution in [2.75, 3.05) is 22.9 Å². The molecule has 0 bridgehead atoms. The van der Waals surface area contributed by atoms with E-state index in [1.807, 2.05) is 11.8 Å². The fourth-order valence-corrected chi connectivity index (χ4v) is 5.82. The molecule has 258 valence electrons. The van der Waals surface area contributed by atoms with E-state index in [1.165, 1.54) is 18.0 Å². The Kier molecular flexibility index (Phi) is 10.6. The van der Waals surface area contributed by atoms with Crippen LogP contribution < -0.4 is 9.80 Å². The van der Waals surface area contributed by atoms with E-state index in [-0.39, 0.29) is 23.5 Å². The zero-order chi connectivity index (χ0) is 34.7. The SMILES string of the molecule is CCCN(CC1CCC(C(=O)O)CC1)c1ccc(C(F)(F)F)cc1CN(Cc1cc(C(F)(F)F)cc(C(F)(F)F)c1)c1nnn(C)n1. The highest BCUT2D eigenvalue weighted by atomic mass is 19.4. The summed E-state index contributed by atoms with van der Waals surface area (Å²) in [7, 11) is 1.37. The maximum Gasteiger partial charge on any atom is 0.416 e. The Morgan fingerprint density at radius 1 is 0.851 bits per heavy atom. The summed E-state index contributed by atoms with van der Waals surface area (Å²) >= 11 is 0. The van der Waals surface area contributed by atoms with E-state index < -0.39 is 65.8 Å². The van der Waals surface area contributed by atoms with Crippen LogP contribution in [0.3, 0.4) is 0 Å². The second-order valence-corrected chi connectivity index (χ2v) is 11.7. The van der Waals surface area contributed by atoms with Gasteiger partial charge in [-0.2, -0.15) is 44.3 Å². The van der Waals surface area contributed by atoms with Gasteiger partial charge in [-0.1, -0.05) is 12.0 Å². The van der Waals surface area contributed by atoms with E-state index in [0.29, 0.717) is 63.0 Å². The molecule has 4 rings (SSSR count). The molecule has 1 saturated carbocycles. The standard InChI is InChI=1S/C30H33F9N6O2/c1-3-10-44(15-18-4-6-20(7-5-18)26(46)47)25-9-8-22(28(31,32)33)13-21(25)17-45(27-40-42-43(2)41-27)16-19-11-23(29(34,35)36)14-24(12-19)30(37,38)39/h8-9,11-14,18,20H,3-7,10,15-17H2,1-2H3,(H,46,47). The molecule has 3 aromatic rings. The fourth-order valence-electron chi connectivity index (χ4n) is 5.82. The summed E-state index contributed by atoms with van der Waals surface area (Å²) in [5, 5.41) is 20.9. The lowest BCUT2D eigenvalue weighted by Crippen LogP contribution is -2.34. The van der Waals surface area contributed by atoms with Crippen LogP contribution in [-0.4, -0.2) is 44.4 Å². The van der Waals surface area contributed by atoms with Crippen LogP contribution in [0.25, 0.3) is 0 Å². The number of carbonyl (C=O) groups is 1. The number of anilines is 2. The number of carboxylic acids is 1. The van der Waals surface area contributed by atoms with Gasteiger partial charge in [-0.25, -0.2) is 0 Å². The number of nitrogens with zero attached hydrogens (tertiary/aromatic N) is 6. The Bertz CT molecular complexity index is 1500. The summed E-state index contributed by atoms with van der Waals surface area (Å²) in [5.41, 5.74) is -4.03. The Morgan fingerprint density at radius 3 is 1.94 bits per heavy atom. The number of alkyl halides is 9. The number of aliphatic carboxylic acids is 1. The van der Waals surface area contributed by atoms with E-state index in [9.17, 15) is 49.4 Å². The monoisotopic (exact) mass is 680 g/mol. The number of halogens is 9. The van der Waals surface area contributed by atoms with Crippen LogP contribution in [0.15, 0.2) is 36.4 Å². The summed E-state index contributed by atoms with van der Waals surface area (Å²) < 4.78 is 123. The van der Waals surface area contributed by atoms with Crippen molar-refractivity contribution in [3.05, 3.63) is 64.2 Å². The predicted octanol–water partition coefficient (Wildman–Crippen LogP) is 7.58. The van der Waals surface area contributed by atoms with Gasteiger partial charge in [0.15, 0.2) is 0 Å². The van der Waals surface area contributed by atoms with E-state index in [2.05, 4.69) is 15.4 Å². The number of benzene rings is 2. The summed E-state index contributed by atoms with van der Waals surface area (Å²) in [5.74, 6) is -1.51. The smallest absolute Gasteiger partial charge is 0.416 e. The van der Waals surface area contributed by atoms with Gasteiger partial charge in [0.25, 0.3) is 5.95 Å². The summed E-state index contributed by atoms with van der Waals surface area (Å²) in [6.07, 6.45) is -12.2. The van der Waals surface area contributed by atoms with Gasteiger partial charge in [-0.3, -0.25) is 4.79 Å². The summed E-state index contributed by atoms with van der Waals surface area (Å²) in [6, 6.07) is 4.19. The molecule has 0 saturated heterocycles. The molecule has 47 heavy (non-hydrogen) atoms. The largest absolute Gasteiger partial charge is 0.481 e. The zero-order valence-electron chi connectivity index (χ0n) is 25.4.